The second kappa shape index (κ2) is 12.3. The molecule has 1 saturated heterocycles. The van der Waals surface area contributed by atoms with E-state index in [-0.39, 0.29) is 24.0 Å². The van der Waals surface area contributed by atoms with Crippen LogP contribution in [-0.2, 0) is 16.0 Å². The topological polar surface area (TPSA) is 68.2 Å². The molecule has 8 heteroatoms. The Morgan fingerprint density at radius 2 is 2.24 bits per heavy atom. The summed E-state index contributed by atoms with van der Waals surface area (Å²) in [5, 5.41) is 3.41. The van der Waals surface area contributed by atoms with Crippen LogP contribution in [0.4, 0.5) is 0 Å². The fraction of sp³-hybridized carbons (Fsp3) is 0.647. The second-order valence-electron chi connectivity index (χ2n) is 5.78. The van der Waals surface area contributed by atoms with Crippen molar-refractivity contribution >= 4 is 29.9 Å². The fourth-order valence-electron chi connectivity index (χ4n) is 2.74. The molecule has 0 radical (unpaired) electrons. The van der Waals surface area contributed by atoms with E-state index in [1.807, 2.05) is 19.2 Å². The first-order valence-corrected chi connectivity index (χ1v) is 8.28. The van der Waals surface area contributed by atoms with Gasteiger partial charge in [-0.25, -0.2) is 4.98 Å². The Hall–Kier alpha value is -1.13. The third-order valence-electron chi connectivity index (χ3n) is 4.04. The molecule has 1 unspecified atom stereocenters. The van der Waals surface area contributed by atoms with Gasteiger partial charge in [0.1, 0.15) is 0 Å². The minimum absolute atomic E-state index is 0. The van der Waals surface area contributed by atoms with E-state index in [0.29, 0.717) is 31.6 Å². The Morgan fingerprint density at radius 1 is 1.40 bits per heavy atom. The zero-order valence-corrected chi connectivity index (χ0v) is 17.6. The maximum Gasteiger partial charge on any atom is 0.213 e. The molecule has 1 fully saturated rings. The number of aromatic nitrogens is 1. The van der Waals surface area contributed by atoms with Crippen LogP contribution in [0, 0.1) is 5.92 Å². The molecule has 1 aliphatic heterocycles. The van der Waals surface area contributed by atoms with E-state index >= 15 is 0 Å². The van der Waals surface area contributed by atoms with Crippen LogP contribution < -0.4 is 10.1 Å². The maximum absolute atomic E-state index is 5.64. The van der Waals surface area contributed by atoms with Crippen molar-refractivity contribution in [2.45, 2.75) is 13.0 Å². The average molecular weight is 464 g/mol. The number of nitrogens with one attached hydrogen (secondary N) is 1. The van der Waals surface area contributed by atoms with Crippen molar-refractivity contribution in [2.75, 3.05) is 54.2 Å². The molecule has 2 heterocycles. The summed E-state index contributed by atoms with van der Waals surface area (Å²) in [5.41, 5.74) is 1.11. The van der Waals surface area contributed by atoms with Gasteiger partial charge in [-0.2, -0.15) is 0 Å². The van der Waals surface area contributed by atoms with Crippen molar-refractivity contribution in [3.63, 3.8) is 0 Å². The highest BCUT2D eigenvalue weighted by Gasteiger charge is 2.24. The summed E-state index contributed by atoms with van der Waals surface area (Å²) in [7, 11) is 5.13. The molecular weight excluding hydrogens is 435 g/mol. The average Bonchev–Trinajstić information content (AvgIpc) is 3.08. The predicted molar refractivity (Wildman–Crippen MR) is 109 cm³/mol. The number of halogens is 1. The molecule has 0 aromatic carbocycles. The molecule has 7 nitrogen and oxygen atoms in total. The molecule has 0 saturated carbocycles. The van der Waals surface area contributed by atoms with Gasteiger partial charge in [0.25, 0.3) is 0 Å². The Morgan fingerprint density at radius 3 is 2.96 bits per heavy atom. The molecule has 2 rings (SSSR count). The highest BCUT2D eigenvalue weighted by atomic mass is 127. The van der Waals surface area contributed by atoms with Crippen LogP contribution in [0.25, 0.3) is 0 Å². The fourth-order valence-corrected chi connectivity index (χ4v) is 2.74. The number of methoxy groups -OCH3 is 2. The number of nitrogens with zero attached hydrogens (tertiary/aromatic N) is 3. The number of guanidine groups is 1. The Kier molecular flexibility index (Phi) is 10.7. The van der Waals surface area contributed by atoms with Crippen LogP contribution in [0.3, 0.4) is 0 Å². The van der Waals surface area contributed by atoms with Gasteiger partial charge in [-0.3, -0.25) is 4.99 Å². The Labute approximate surface area is 167 Å². The molecule has 142 valence electrons. The molecule has 1 aliphatic rings. The standard InChI is InChI=1S/C17H28N4O3.HI/c1-18-17(20-11-14-4-6-19-16(10-14)23-3)21-7-5-15(12-21)13-24-9-8-22-2;/h4,6,10,15H,5,7-9,11-13H2,1-3H3,(H,18,20);1H. The van der Waals surface area contributed by atoms with Crippen molar-refractivity contribution in [3.8, 4) is 5.88 Å². The summed E-state index contributed by atoms with van der Waals surface area (Å²) in [5.74, 6) is 2.09. The zero-order chi connectivity index (χ0) is 17.2. The van der Waals surface area contributed by atoms with Crippen LogP contribution in [0.15, 0.2) is 23.3 Å². The van der Waals surface area contributed by atoms with Gasteiger partial charge in [0.15, 0.2) is 5.96 Å². The van der Waals surface area contributed by atoms with Gasteiger partial charge >= 0.3 is 0 Å². The molecule has 0 spiro atoms. The molecule has 1 aromatic heterocycles. The van der Waals surface area contributed by atoms with Crippen LogP contribution >= 0.6 is 24.0 Å². The number of likely N-dealkylation sites (tertiary alicyclic amines) is 1. The summed E-state index contributed by atoms with van der Waals surface area (Å²) in [6.45, 7) is 4.73. The van der Waals surface area contributed by atoms with E-state index in [1.165, 1.54) is 0 Å². The van der Waals surface area contributed by atoms with Gasteiger partial charge in [0.05, 0.1) is 26.9 Å². The van der Waals surface area contributed by atoms with Gasteiger partial charge < -0.3 is 24.4 Å². The van der Waals surface area contributed by atoms with Gasteiger partial charge in [-0.15, -0.1) is 24.0 Å². The van der Waals surface area contributed by atoms with E-state index in [0.717, 1.165) is 37.6 Å². The van der Waals surface area contributed by atoms with E-state index in [1.54, 1.807) is 20.4 Å². The molecule has 1 N–H and O–H groups in total. The van der Waals surface area contributed by atoms with Crippen molar-refractivity contribution in [1.29, 1.82) is 0 Å². The SMILES string of the molecule is CN=C(NCc1ccnc(OC)c1)N1CCC(COCCOC)C1.I. The molecule has 25 heavy (non-hydrogen) atoms. The molecule has 1 aromatic rings. The number of aliphatic imine (C=N–C) groups is 1. The summed E-state index contributed by atoms with van der Waals surface area (Å²) < 4.78 is 15.8. The molecule has 0 bridgehead atoms. The van der Waals surface area contributed by atoms with Crippen LogP contribution in [0.2, 0.25) is 0 Å². The normalized spacial score (nSPS) is 17.3. The Bertz CT molecular complexity index is 530. The summed E-state index contributed by atoms with van der Waals surface area (Å²) in [4.78, 5) is 10.8. The van der Waals surface area contributed by atoms with Crippen LogP contribution in [0.5, 0.6) is 5.88 Å². The second-order valence-corrected chi connectivity index (χ2v) is 5.78. The van der Waals surface area contributed by atoms with Crippen molar-refractivity contribution in [1.82, 2.24) is 15.2 Å². The molecule has 0 aliphatic carbocycles. The monoisotopic (exact) mass is 464 g/mol. The lowest BCUT2D eigenvalue weighted by atomic mass is 10.1. The largest absolute Gasteiger partial charge is 0.481 e. The minimum Gasteiger partial charge on any atom is -0.481 e. The van der Waals surface area contributed by atoms with Crippen molar-refractivity contribution < 1.29 is 14.2 Å². The first-order valence-electron chi connectivity index (χ1n) is 8.28. The summed E-state index contributed by atoms with van der Waals surface area (Å²) in [6.07, 6.45) is 2.87. The highest BCUT2D eigenvalue weighted by Crippen LogP contribution is 2.17. The number of hydrogen-bond acceptors (Lipinski definition) is 5. The highest BCUT2D eigenvalue weighted by molar-refractivity contribution is 14.0. The minimum atomic E-state index is 0. The van der Waals surface area contributed by atoms with Gasteiger partial charge in [0, 0.05) is 52.0 Å². The smallest absolute Gasteiger partial charge is 0.213 e. The van der Waals surface area contributed by atoms with Gasteiger partial charge in [-0.1, -0.05) is 0 Å². The van der Waals surface area contributed by atoms with E-state index in [9.17, 15) is 0 Å². The Balaban J connectivity index is 0.00000312. The molecule has 0 amide bonds. The quantitative estimate of drug-likeness (QED) is 0.274. The lowest BCUT2D eigenvalue weighted by Crippen LogP contribution is -2.39. The predicted octanol–water partition coefficient (Wildman–Crippen LogP) is 1.77. The molecule has 1 atom stereocenters. The van der Waals surface area contributed by atoms with Crippen molar-refractivity contribution in [2.24, 2.45) is 10.9 Å². The zero-order valence-electron chi connectivity index (χ0n) is 15.2. The number of hydrogen-bond donors (Lipinski definition) is 1. The molecular formula is C17H29IN4O3. The van der Waals surface area contributed by atoms with E-state index < -0.39 is 0 Å². The first-order chi connectivity index (χ1) is 11.8. The van der Waals surface area contributed by atoms with Crippen LogP contribution in [0.1, 0.15) is 12.0 Å². The third-order valence-corrected chi connectivity index (χ3v) is 4.04. The van der Waals surface area contributed by atoms with E-state index in [2.05, 4.69) is 20.2 Å². The van der Waals surface area contributed by atoms with E-state index in [4.69, 9.17) is 14.2 Å². The number of rotatable bonds is 8. The number of ether oxygens (including phenoxy) is 3. The summed E-state index contributed by atoms with van der Waals surface area (Å²) in [6, 6.07) is 3.90. The number of pyridine rings is 1. The lowest BCUT2D eigenvalue weighted by molar-refractivity contribution is 0.0536. The van der Waals surface area contributed by atoms with Gasteiger partial charge in [0.2, 0.25) is 5.88 Å². The van der Waals surface area contributed by atoms with Gasteiger partial charge in [-0.05, 0) is 18.1 Å². The summed E-state index contributed by atoms with van der Waals surface area (Å²) >= 11 is 0. The van der Waals surface area contributed by atoms with Crippen molar-refractivity contribution in [3.05, 3.63) is 23.9 Å². The third kappa shape index (κ3) is 7.33. The lowest BCUT2D eigenvalue weighted by Gasteiger charge is -2.22. The maximum atomic E-state index is 5.64. The first kappa shape index (κ1) is 21.9. The van der Waals surface area contributed by atoms with Crippen LogP contribution in [-0.4, -0.2) is 70.0 Å².